The summed E-state index contributed by atoms with van der Waals surface area (Å²) in [6.07, 6.45) is 5.50. The van der Waals surface area contributed by atoms with E-state index in [1.165, 1.54) is 34.2 Å². The molecule has 7 nitrogen and oxygen atoms in total. The van der Waals surface area contributed by atoms with E-state index in [4.69, 9.17) is 11.6 Å². The van der Waals surface area contributed by atoms with Crippen molar-refractivity contribution in [3.63, 3.8) is 0 Å². The van der Waals surface area contributed by atoms with Crippen molar-refractivity contribution >= 4 is 23.7 Å². The highest BCUT2D eigenvalue weighted by Gasteiger charge is 2.15. The van der Waals surface area contributed by atoms with E-state index in [9.17, 15) is 9.18 Å². The van der Waals surface area contributed by atoms with Crippen molar-refractivity contribution in [1.29, 1.82) is 0 Å². The van der Waals surface area contributed by atoms with Crippen LogP contribution in [0.5, 0.6) is 0 Å². The summed E-state index contributed by atoms with van der Waals surface area (Å²) >= 11 is 5.73. The molecule has 0 spiro atoms. The Kier molecular flexibility index (Phi) is 4.69. The number of nitrogens with one attached hydrogen (secondary N) is 1. The third-order valence-corrected chi connectivity index (χ3v) is 3.02. The van der Waals surface area contributed by atoms with E-state index in [-0.39, 0.29) is 5.56 Å². The Morgan fingerprint density at radius 2 is 2.33 bits per heavy atom. The zero-order valence-corrected chi connectivity index (χ0v) is 12.3. The number of carbonyl (C=O) groups excluding carboxylic acids is 1. The number of hydrazone groups is 1. The van der Waals surface area contributed by atoms with Gasteiger partial charge in [-0.05, 0) is 13.8 Å². The first-order valence-corrected chi connectivity index (χ1v) is 6.64. The monoisotopic (exact) mass is 312 g/mol. The molecule has 0 aliphatic carbocycles. The van der Waals surface area contributed by atoms with Crippen LogP contribution < -0.4 is 5.43 Å². The smallest absolute Gasteiger partial charge is 0.264 e. The molecule has 0 saturated carbocycles. The molecule has 21 heavy (non-hydrogen) atoms. The maximum atomic E-state index is 13.7. The van der Waals surface area contributed by atoms with Crippen LogP contribution in [0.3, 0.4) is 0 Å². The number of amides is 1. The maximum Gasteiger partial charge on any atom is 0.264 e. The average molecular weight is 313 g/mol. The van der Waals surface area contributed by atoms with Crippen LogP contribution in [-0.2, 0) is 11.3 Å². The normalized spacial score (nSPS) is 12.8. The Labute approximate surface area is 125 Å². The third-order valence-electron chi connectivity index (χ3n) is 2.83. The minimum Gasteiger partial charge on any atom is -0.271 e. The second-order valence-corrected chi connectivity index (χ2v) is 4.69. The number of aromatic nitrogens is 4. The summed E-state index contributed by atoms with van der Waals surface area (Å²) in [5, 5.41) is 11.9. The van der Waals surface area contributed by atoms with Crippen molar-refractivity contribution in [2.45, 2.75) is 26.4 Å². The highest BCUT2D eigenvalue weighted by molar-refractivity contribution is 6.30. The second-order valence-electron chi connectivity index (χ2n) is 4.26. The molecule has 2 rings (SSSR count). The van der Waals surface area contributed by atoms with E-state index in [0.717, 1.165) is 0 Å². The van der Waals surface area contributed by atoms with Crippen LogP contribution in [0.25, 0.3) is 0 Å². The molecule has 0 saturated heterocycles. The van der Waals surface area contributed by atoms with Gasteiger partial charge in [-0.2, -0.15) is 19.7 Å². The van der Waals surface area contributed by atoms with Crippen LogP contribution in [-0.4, -0.2) is 31.7 Å². The predicted molar refractivity (Wildman–Crippen MR) is 75.5 cm³/mol. The molecule has 9 heteroatoms. The average Bonchev–Trinajstić information content (AvgIpc) is 3.05. The molecule has 2 aromatic heterocycles. The van der Waals surface area contributed by atoms with Crippen molar-refractivity contribution < 1.29 is 9.18 Å². The first-order valence-electron chi connectivity index (χ1n) is 6.26. The van der Waals surface area contributed by atoms with Gasteiger partial charge >= 0.3 is 0 Å². The molecular formula is C12H14ClFN6O. The van der Waals surface area contributed by atoms with Crippen molar-refractivity contribution in [3.05, 3.63) is 35.1 Å². The molecule has 0 fully saturated rings. The number of rotatable bonds is 5. The highest BCUT2D eigenvalue weighted by atomic mass is 35.5. The summed E-state index contributed by atoms with van der Waals surface area (Å²) in [6.45, 7) is 3.84. The van der Waals surface area contributed by atoms with Crippen molar-refractivity contribution in [2.75, 3.05) is 0 Å². The SMILES string of the molecule is CCn1ncc(/C=N/NC(=O)C(C)n2cc(Cl)cn2)c1F. The van der Waals surface area contributed by atoms with Crippen LogP contribution in [0.1, 0.15) is 25.5 Å². The zero-order valence-electron chi connectivity index (χ0n) is 11.5. The number of aryl methyl sites for hydroxylation is 1. The molecule has 1 unspecified atom stereocenters. The van der Waals surface area contributed by atoms with E-state index < -0.39 is 17.9 Å². The van der Waals surface area contributed by atoms with Crippen molar-refractivity contribution in [1.82, 2.24) is 25.0 Å². The van der Waals surface area contributed by atoms with E-state index in [1.54, 1.807) is 13.8 Å². The lowest BCUT2D eigenvalue weighted by Crippen LogP contribution is -2.27. The van der Waals surface area contributed by atoms with Gasteiger partial charge in [0.1, 0.15) is 6.04 Å². The molecule has 1 N–H and O–H groups in total. The first kappa shape index (κ1) is 15.2. The third kappa shape index (κ3) is 3.46. The lowest BCUT2D eigenvalue weighted by molar-refractivity contribution is -0.124. The molecule has 0 aliphatic rings. The summed E-state index contributed by atoms with van der Waals surface area (Å²) < 4.78 is 16.2. The number of hydrogen-bond donors (Lipinski definition) is 1. The fourth-order valence-corrected chi connectivity index (χ4v) is 1.74. The Balaban J connectivity index is 1.97. The van der Waals surface area contributed by atoms with E-state index >= 15 is 0 Å². The molecule has 1 atom stereocenters. The fraction of sp³-hybridized carbons (Fsp3) is 0.333. The Bertz CT molecular complexity index is 665. The van der Waals surface area contributed by atoms with Crippen molar-refractivity contribution in [3.8, 4) is 0 Å². The highest BCUT2D eigenvalue weighted by Crippen LogP contribution is 2.10. The Morgan fingerprint density at radius 3 is 2.90 bits per heavy atom. The van der Waals surface area contributed by atoms with E-state index in [1.807, 2.05) is 0 Å². The van der Waals surface area contributed by atoms with Gasteiger partial charge in [0.15, 0.2) is 0 Å². The summed E-state index contributed by atoms with van der Waals surface area (Å²) in [5.41, 5.74) is 2.52. The summed E-state index contributed by atoms with van der Waals surface area (Å²) in [4.78, 5) is 11.8. The number of hydrogen-bond acceptors (Lipinski definition) is 4. The predicted octanol–water partition coefficient (Wildman–Crippen LogP) is 1.60. The molecule has 0 aromatic carbocycles. The standard InChI is InChI=1S/C12H14ClFN6O/c1-3-19-11(14)9(5-16-19)4-15-18-12(21)8(2)20-7-10(13)6-17-20/h4-8H,3H2,1-2H3,(H,18,21)/b15-4+. The lowest BCUT2D eigenvalue weighted by Gasteiger charge is -2.09. The Hall–Kier alpha value is -2.22. The van der Waals surface area contributed by atoms with Crippen LogP contribution in [0.2, 0.25) is 5.02 Å². The maximum absolute atomic E-state index is 13.7. The van der Waals surface area contributed by atoms with Crippen LogP contribution in [0.4, 0.5) is 4.39 Å². The van der Waals surface area contributed by atoms with Crippen molar-refractivity contribution in [2.24, 2.45) is 5.10 Å². The summed E-state index contributed by atoms with van der Waals surface area (Å²) in [6, 6.07) is -0.585. The van der Waals surface area contributed by atoms with Gasteiger partial charge in [0.05, 0.1) is 29.2 Å². The van der Waals surface area contributed by atoms with Crippen LogP contribution in [0.15, 0.2) is 23.7 Å². The molecule has 112 valence electrons. The molecule has 0 radical (unpaired) electrons. The topological polar surface area (TPSA) is 77.1 Å². The number of nitrogens with zero attached hydrogens (tertiary/aromatic N) is 5. The Morgan fingerprint density at radius 1 is 1.57 bits per heavy atom. The van der Waals surface area contributed by atoms with Gasteiger partial charge in [-0.25, -0.2) is 10.1 Å². The molecule has 2 heterocycles. The quantitative estimate of drug-likeness (QED) is 0.673. The minimum absolute atomic E-state index is 0.201. The van der Waals surface area contributed by atoms with Gasteiger partial charge in [0.25, 0.3) is 5.91 Å². The molecule has 0 aliphatic heterocycles. The van der Waals surface area contributed by atoms with E-state index in [0.29, 0.717) is 11.6 Å². The second kappa shape index (κ2) is 6.49. The van der Waals surface area contributed by atoms with Gasteiger partial charge < -0.3 is 0 Å². The molecule has 2 aromatic rings. The minimum atomic E-state index is -0.585. The lowest BCUT2D eigenvalue weighted by atomic mass is 10.3. The van der Waals surface area contributed by atoms with Gasteiger partial charge in [0.2, 0.25) is 5.95 Å². The fourth-order valence-electron chi connectivity index (χ4n) is 1.60. The summed E-state index contributed by atoms with van der Waals surface area (Å²) in [7, 11) is 0. The number of carbonyl (C=O) groups is 1. The zero-order chi connectivity index (χ0) is 15.4. The molecular weight excluding hydrogens is 299 g/mol. The van der Waals surface area contributed by atoms with Gasteiger partial charge in [-0.15, -0.1) is 0 Å². The van der Waals surface area contributed by atoms with Gasteiger partial charge in [-0.3, -0.25) is 9.48 Å². The van der Waals surface area contributed by atoms with E-state index in [2.05, 4.69) is 20.7 Å². The molecule has 1 amide bonds. The molecule has 0 bridgehead atoms. The van der Waals surface area contributed by atoms with Gasteiger partial charge in [-0.1, -0.05) is 11.6 Å². The van der Waals surface area contributed by atoms with Crippen LogP contribution >= 0.6 is 11.6 Å². The largest absolute Gasteiger partial charge is 0.271 e. The first-order chi connectivity index (χ1) is 10.0. The van der Waals surface area contributed by atoms with Gasteiger partial charge in [0, 0.05) is 12.7 Å². The summed E-state index contributed by atoms with van der Waals surface area (Å²) in [5.74, 6) is -0.892. The van der Waals surface area contributed by atoms with Crippen LogP contribution in [0, 0.1) is 5.95 Å². The number of halogens is 2.